The minimum absolute atomic E-state index is 0.730. The molecule has 1 aromatic rings. The van der Waals surface area contributed by atoms with E-state index >= 15 is 0 Å². The first-order valence-electron chi connectivity index (χ1n) is 3.38. The molecule has 0 bridgehead atoms. The van der Waals surface area contributed by atoms with Crippen LogP contribution in [0.25, 0.3) is 0 Å². The van der Waals surface area contributed by atoms with Crippen LogP contribution in [0.3, 0.4) is 0 Å². The second kappa shape index (κ2) is 3.07. The van der Waals surface area contributed by atoms with Crippen molar-refractivity contribution in [3.63, 3.8) is 0 Å². The van der Waals surface area contributed by atoms with E-state index in [0.717, 1.165) is 5.88 Å². The number of benzene rings is 1. The van der Waals surface area contributed by atoms with Gasteiger partial charge in [0.05, 0.1) is 0 Å². The van der Waals surface area contributed by atoms with Crippen LogP contribution in [0.5, 0.6) is 0 Å². The van der Waals surface area contributed by atoms with Crippen LogP contribution in [0.4, 0.5) is 0 Å². The first-order chi connectivity index (χ1) is 4.74. The molecule has 0 atom stereocenters. The molecule has 1 heteroatoms. The lowest BCUT2D eigenvalue weighted by Crippen LogP contribution is -1.86. The molecule has 0 unspecified atom stereocenters. The fourth-order valence-corrected chi connectivity index (χ4v) is 1.27. The van der Waals surface area contributed by atoms with Crippen LogP contribution >= 0.6 is 0 Å². The summed E-state index contributed by atoms with van der Waals surface area (Å²) in [6.45, 7) is 4.19. The van der Waals surface area contributed by atoms with Gasteiger partial charge in [-0.05, 0) is 19.4 Å². The molecular formula is C9H12Cl+. The topological polar surface area (TPSA) is 0 Å². The summed E-state index contributed by atoms with van der Waals surface area (Å²) >= 11 is 4.97. The summed E-state index contributed by atoms with van der Waals surface area (Å²) in [6, 6.07) is 6.39. The van der Waals surface area contributed by atoms with E-state index < -0.39 is 0 Å². The second-order valence-corrected chi connectivity index (χ2v) is 2.86. The maximum atomic E-state index is 4.97. The highest BCUT2D eigenvalue weighted by molar-refractivity contribution is 5.29. The minimum Gasteiger partial charge on any atom is -0.0590 e. The maximum Gasteiger partial charge on any atom is 0.195 e. The monoisotopic (exact) mass is 155 g/mol. The molecule has 0 radical (unpaired) electrons. The molecule has 0 aliphatic carbocycles. The molecule has 0 aromatic heterocycles. The Morgan fingerprint density at radius 3 is 2.50 bits per heavy atom. The van der Waals surface area contributed by atoms with Gasteiger partial charge in [0.1, 0.15) is 11.6 Å². The van der Waals surface area contributed by atoms with Crippen molar-refractivity contribution in [3.8, 4) is 0 Å². The van der Waals surface area contributed by atoms with E-state index in [9.17, 15) is 0 Å². The van der Waals surface area contributed by atoms with Crippen LogP contribution in [0.15, 0.2) is 18.2 Å². The number of hydrogen-bond donors (Lipinski definition) is 0. The summed E-state index contributed by atoms with van der Waals surface area (Å²) in [7, 11) is 0. The maximum absolute atomic E-state index is 4.97. The van der Waals surface area contributed by atoms with Crippen molar-refractivity contribution in [2.24, 2.45) is 0 Å². The van der Waals surface area contributed by atoms with Gasteiger partial charge in [0.25, 0.3) is 0 Å². The number of hydrogen-bond acceptors (Lipinski definition) is 0. The van der Waals surface area contributed by atoms with Crippen molar-refractivity contribution in [2.75, 3.05) is 0 Å². The number of aryl methyl sites for hydroxylation is 2. The van der Waals surface area contributed by atoms with E-state index in [1.54, 1.807) is 0 Å². The van der Waals surface area contributed by atoms with E-state index in [2.05, 4.69) is 32.0 Å². The van der Waals surface area contributed by atoms with Crippen LogP contribution in [0, 0.1) is 25.4 Å². The van der Waals surface area contributed by atoms with Crippen molar-refractivity contribution in [3.05, 3.63) is 34.9 Å². The van der Waals surface area contributed by atoms with Crippen LogP contribution in [0.1, 0.15) is 16.7 Å². The molecule has 0 saturated carbocycles. The average molecular weight is 156 g/mol. The standard InChI is InChI=1S/C9H12Cl/c1-7-3-4-8(2)9(5-7)6-10/h3-5,10H,6H2,1-2H3/q+1. The third-order valence-electron chi connectivity index (χ3n) is 1.66. The molecule has 0 heterocycles. The van der Waals surface area contributed by atoms with Gasteiger partial charge in [-0.2, -0.15) is 0 Å². The normalized spacial score (nSPS) is 9.90. The van der Waals surface area contributed by atoms with Gasteiger partial charge < -0.3 is 0 Å². The van der Waals surface area contributed by atoms with Crippen LogP contribution in [-0.4, -0.2) is 0 Å². The Bertz CT molecular complexity index is 228. The largest absolute Gasteiger partial charge is 0.195 e. The van der Waals surface area contributed by atoms with Crippen LogP contribution in [0.2, 0.25) is 0 Å². The van der Waals surface area contributed by atoms with Gasteiger partial charge in [0, 0.05) is 5.56 Å². The number of alkyl halides is 1. The molecule has 0 aliphatic rings. The summed E-state index contributed by atoms with van der Waals surface area (Å²) in [6.07, 6.45) is 0. The van der Waals surface area contributed by atoms with E-state index in [1.165, 1.54) is 16.7 Å². The lowest BCUT2D eigenvalue weighted by molar-refractivity contribution is -0.386. The van der Waals surface area contributed by atoms with Crippen LogP contribution in [-0.2, 0) is 5.88 Å². The lowest BCUT2D eigenvalue weighted by atomic mass is 10.1. The molecule has 1 aromatic carbocycles. The third kappa shape index (κ3) is 1.51. The first kappa shape index (κ1) is 7.62. The molecule has 0 fully saturated rings. The van der Waals surface area contributed by atoms with Crippen molar-refractivity contribution in [2.45, 2.75) is 19.7 Å². The predicted molar refractivity (Wildman–Crippen MR) is 41.0 cm³/mol. The van der Waals surface area contributed by atoms with E-state index in [4.69, 9.17) is 11.6 Å². The summed E-state index contributed by atoms with van der Waals surface area (Å²) in [4.78, 5) is 0. The van der Waals surface area contributed by atoms with Crippen molar-refractivity contribution < 1.29 is 11.6 Å². The zero-order chi connectivity index (χ0) is 7.56. The van der Waals surface area contributed by atoms with Crippen molar-refractivity contribution in [1.29, 1.82) is 0 Å². The zero-order valence-electron chi connectivity index (χ0n) is 6.35. The summed E-state index contributed by atoms with van der Waals surface area (Å²) < 4.78 is 0. The predicted octanol–water partition coefficient (Wildman–Crippen LogP) is 2.09. The van der Waals surface area contributed by atoms with Gasteiger partial charge in [-0.15, -0.1) is 0 Å². The van der Waals surface area contributed by atoms with E-state index in [1.807, 2.05) is 0 Å². The highest BCUT2D eigenvalue weighted by Gasteiger charge is 1.98. The third-order valence-corrected chi connectivity index (χ3v) is 1.97. The van der Waals surface area contributed by atoms with Crippen LogP contribution < -0.4 is 0 Å². The highest BCUT2D eigenvalue weighted by Crippen LogP contribution is 2.09. The molecule has 0 aliphatic heterocycles. The van der Waals surface area contributed by atoms with E-state index in [0.29, 0.717) is 0 Å². The summed E-state index contributed by atoms with van der Waals surface area (Å²) in [5.74, 6) is 0.730. The van der Waals surface area contributed by atoms with Gasteiger partial charge in [0.2, 0.25) is 0 Å². The average Bonchev–Trinajstić information content (AvgIpc) is 1.94. The molecule has 10 heavy (non-hydrogen) atoms. The number of rotatable bonds is 1. The Balaban J connectivity index is 3.09. The smallest absolute Gasteiger partial charge is 0.0590 e. The van der Waals surface area contributed by atoms with Gasteiger partial charge in [0.15, 0.2) is 5.88 Å². The van der Waals surface area contributed by atoms with Gasteiger partial charge in [-0.25, -0.2) is 0 Å². The summed E-state index contributed by atoms with van der Waals surface area (Å²) in [5, 5.41) is 0. The highest BCUT2D eigenvalue weighted by atomic mass is 35.5. The van der Waals surface area contributed by atoms with Gasteiger partial charge >= 0.3 is 0 Å². The molecular weight excluding hydrogens is 144 g/mol. The lowest BCUT2D eigenvalue weighted by Gasteiger charge is -1.98. The second-order valence-electron chi connectivity index (χ2n) is 2.57. The van der Waals surface area contributed by atoms with Crippen molar-refractivity contribution in [1.82, 2.24) is 0 Å². The Labute approximate surface area is 66.8 Å². The minimum atomic E-state index is 0.730. The SMILES string of the molecule is Cc1ccc(C)c(C[ClH+])c1. The summed E-state index contributed by atoms with van der Waals surface area (Å²) in [5.41, 5.74) is 3.89. The molecule has 0 amide bonds. The first-order valence-corrected chi connectivity index (χ1v) is 3.96. The molecule has 0 nitrogen and oxygen atoms in total. The van der Waals surface area contributed by atoms with Crippen molar-refractivity contribution >= 4 is 0 Å². The Morgan fingerprint density at radius 1 is 1.30 bits per heavy atom. The molecule has 0 saturated heterocycles. The Hall–Kier alpha value is -0.490. The quantitative estimate of drug-likeness (QED) is 0.545. The molecule has 0 N–H and O–H groups in total. The Kier molecular flexibility index (Phi) is 2.34. The fraction of sp³-hybridized carbons (Fsp3) is 0.333. The molecule has 54 valence electrons. The fourth-order valence-electron chi connectivity index (χ4n) is 0.956. The molecule has 0 spiro atoms. The Morgan fingerprint density at radius 2 is 2.00 bits per heavy atom. The molecule has 1 rings (SSSR count). The van der Waals surface area contributed by atoms with Gasteiger partial charge in [-0.1, -0.05) is 23.8 Å². The zero-order valence-corrected chi connectivity index (χ0v) is 7.16. The number of halogens is 1. The van der Waals surface area contributed by atoms with E-state index in [-0.39, 0.29) is 0 Å². The van der Waals surface area contributed by atoms with Gasteiger partial charge in [-0.3, -0.25) is 0 Å².